The number of thiazole rings is 1. The zero-order chi connectivity index (χ0) is 14.5. The maximum Gasteiger partial charge on any atom is 0.111 e. The van der Waals surface area contributed by atoms with Gasteiger partial charge < -0.3 is 5.73 Å². The predicted molar refractivity (Wildman–Crippen MR) is 86.1 cm³/mol. The quantitative estimate of drug-likeness (QED) is 0.837. The lowest BCUT2D eigenvalue weighted by atomic mass is 9.85. The second-order valence-corrected chi connectivity index (χ2v) is 7.98. The van der Waals surface area contributed by atoms with Crippen LogP contribution in [0.2, 0.25) is 0 Å². The van der Waals surface area contributed by atoms with Gasteiger partial charge in [0, 0.05) is 10.4 Å². The zero-order valence-electron chi connectivity index (χ0n) is 12.6. The van der Waals surface area contributed by atoms with Crippen molar-refractivity contribution in [3.05, 3.63) is 39.7 Å². The van der Waals surface area contributed by atoms with Crippen LogP contribution in [-0.4, -0.2) is 4.98 Å². The lowest BCUT2D eigenvalue weighted by Gasteiger charge is -2.24. The molecule has 3 heteroatoms. The first-order valence-electron chi connectivity index (χ1n) is 7.22. The normalized spacial score (nSPS) is 19.4. The van der Waals surface area contributed by atoms with Crippen LogP contribution in [0.1, 0.15) is 55.1 Å². The second kappa shape index (κ2) is 4.68. The second-order valence-electron chi connectivity index (χ2n) is 6.86. The lowest BCUT2D eigenvalue weighted by Crippen LogP contribution is -2.26. The molecule has 0 aliphatic heterocycles. The molecule has 1 aromatic heterocycles. The molecule has 0 amide bonds. The third kappa shape index (κ3) is 2.19. The highest BCUT2D eigenvalue weighted by Gasteiger charge is 2.30. The minimum Gasteiger partial charge on any atom is -0.322 e. The van der Waals surface area contributed by atoms with Crippen LogP contribution >= 0.6 is 11.3 Å². The van der Waals surface area contributed by atoms with Gasteiger partial charge >= 0.3 is 0 Å². The smallest absolute Gasteiger partial charge is 0.111 e. The Kier molecular flexibility index (Phi) is 3.22. The van der Waals surface area contributed by atoms with Crippen LogP contribution in [0.3, 0.4) is 0 Å². The number of nitrogens with two attached hydrogens (primary N) is 1. The fourth-order valence-corrected chi connectivity index (χ4v) is 4.21. The van der Waals surface area contributed by atoms with Crippen LogP contribution in [0, 0.1) is 5.41 Å². The molecule has 20 heavy (non-hydrogen) atoms. The highest BCUT2D eigenvalue weighted by Crippen LogP contribution is 2.44. The van der Waals surface area contributed by atoms with E-state index < -0.39 is 0 Å². The fourth-order valence-electron chi connectivity index (χ4n) is 2.75. The average molecular weight is 286 g/mol. The van der Waals surface area contributed by atoms with Gasteiger partial charge in [0.05, 0.1) is 11.7 Å². The molecule has 2 aromatic rings. The first kappa shape index (κ1) is 13.8. The molecule has 0 saturated carbocycles. The largest absolute Gasteiger partial charge is 0.322 e. The highest BCUT2D eigenvalue weighted by molar-refractivity contribution is 7.12. The molecule has 1 heterocycles. The Balaban J connectivity index is 2.09. The molecule has 2 atom stereocenters. The van der Waals surface area contributed by atoms with Crippen LogP contribution < -0.4 is 5.73 Å². The van der Waals surface area contributed by atoms with Gasteiger partial charge in [-0.25, -0.2) is 4.98 Å². The molecule has 2 N–H and O–H groups in total. The molecule has 3 rings (SSSR count). The van der Waals surface area contributed by atoms with Gasteiger partial charge in [0.15, 0.2) is 0 Å². The monoisotopic (exact) mass is 286 g/mol. The van der Waals surface area contributed by atoms with Crippen molar-refractivity contribution in [2.45, 2.75) is 46.1 Å². The third-order valence-corrected chi connectivity index (χ3v) is 5.31. The number of rotatable bonds is 1. The summed E-state index contributed by atoms with van der Waals surface area (Å²) in [5.41, 5.74) is 10.3. The van der Waals surface area contributed by atoms with Crippen molar-refractivity contribution in [1.29, 1.82) is 0 Å². The summed E-state index contributed by atoms with van der Waals surface area (Å²) in [6.45, 7) is 8.82. The Morgan fingerprint density at radius 1 is 1.30 bits per heavy atom. The topological polar surface area (TPSA) is 38.9 Å². The molecule has 0 spiro atoms. The van der Waals surface area contributed by atoms with Crippen LogP contribution in [0.4, 0.5) is 0 Å². The fraction of sp³-hybridized carbons (Fsp3) is 0.471. The average Bonchev–Trinajstić information content (AvgIpc) is 2.81. The molecule has 1 aliphatic rings. The summed E-state index contributed by atoms with van der Waals surface area (Å²) >= 11 is 1.80. The van der Waals surface area contributed by atoms with Crippen LogP contribution in [0.5, 0.6) is 0 Å². The van der Waals surface area contributed by atoms with Crippen molar-refractivity contribution in [2.75, 3.05) is 0 Å². The summed E-state index contributed by atoms with van der Waals surface area (Å²) in [4.78, 5) is 6.28. The minimum absolute atomic E-state index is 0.000526. The molecule has 2 nitrogen and oxygen atoms in total. The van der Waals surface area contributed by atoms with E-state index in [1.54, 1.807) is 11.3 Å². The van der Waals surface area contributed by atoms with Gasteiger partial charge in [-0.1, -0.05) is 52.0 Å². The van der Waals surface area contributed by atoms with E-state index in [-0.39, 0.29) is 11.5 Å². The predicted octanol–water partition coefficient (Wildman–Crippen LogP) is 4.52. The summed E-state index contributed by atoms with van der Waals surface area (Å²) in [7, 11) is 0. The molecule has 1 aromatic carbocycles. The molecule has 2 unspecified atom stereocenters. The number of nitrogens with zero attached hydrogens (tertiary/aromatic N) is 1. The van der Waals surface area contributed by atoms with E-state index in [2.05, 4.69) is 52.0 Å². The van der Waals surface area contributed by atoms with E-state index in [9.17, 15) is 0 Å². The van der Waals surface area contributed by atoms with Crippen molar-refractivity contribution in [2.24, 2.45) is 11.1 Å². The van der Waals surface area contributed by atoms with E-state index in [1.807, 2.05) is 0 Å². The lowest BCUT2D eigenvalue weighted by molar-refractivity contribution is 0.326. The first-order valence-corrected chi connectivity index (χ1v) is 8.04. The van der Waals surface area contributed by atoms with Gasteiger partial charge in [-0.3, -0.25) is 0 Å². The van der Waals surface area contributed by atoms with Crippen LogP contribution in [0.25, 0.3) is 11.3 Å². The van der Waals surface area contributed by atoms with E-state index in [1.165, 1.54) is 21.7 Å². The molecule has 0 fully saturated rings. The van der Waals surface area contributed by atoms with Crippen molar-refractivity contribution in [3.8, 4) is 11.3 Å². The summed E-state index contributed by atoms with van der Waals surface area (Å²) in [6.07, 6.45) is 1.08. The Bertz CT molecular complexity index is 637. The number of hydrogen-bond acceptors (Lipinski definition) is 3. The van der Waals surface area contributed by atoms with E-state index in [0.29, 0.717) is 5.92 Å². The van der Waals surface area contributed by atoms with Crippen LogP contribution in [0.15, 0.2) is 24.3 Å². The van der Waals surface area contributed by atoms with Gasteiger partial charge in [0.2, 0.25) is 0 Å². The molecule has 0 saturated heterocycles. The number of aromatic nitrogens is 1. The molecule has 106 valence electrons. The SMILES string of the molecule is CC1Cc2sc(C(N)C(C)(C)C)nc2-c2ccccc21. The maximum atomic E-state index is 6.39. The molecule has 1 aliphatic carbocycles. The molecule has 0 bridgehead atoms. The number of benzene rings is 1. The minimum atomic E-state index is 0.000526. The summed E-state index contributed by atoms with van der Waals surface area (Å²) < 4.78 is 0. The van der Waals surface area contributed by atoms with Gasteiger partial charge in [-0.05, 0) is 23.3 Å². The third-order valence-electron chi connectivity index (χ3n) is 4.15. The van der Waals surface area contributed by atoms with Crippen molar-refractivity contribution in [1.82, 2.24) is 4.98 Å². The zero-order valence-corrected chi connectivity index (χ0v) is 13.4. The van der Waals surface area contributed by atoms with E-state index >= 15 is 0 Å². The highest BCUT2D eigenvalue weighted by atomic mass is 32.1. The summed E-state index contributed by atoms with van der Waals surface area (Å²) in [6, 6.07) is 8.64. The standard InChI is InChI=1S/C17H22N2S/c1-10-9-13-14(12-8-6-5-7-11(10)12)19-16(20-13)15(18)17(2,3)4/h5-8,10,15H,9,18H2,1-4H3. The van der Waals surface area contributed by atoms with Crippen molar-refractivity contribution >= 4 is 11.3 Å². The maximum absolute atomic E-state index is 6.39. The van der Waals surface area contributed by atoms with Crippen molar-refractivity contribution < 1.29 is 0 Å². The van der Waals surface area contributed by atoms with Gasteiger partial charge in [-0.15, -0.1) is 11.3 Å². The van der Waals surface area contributed by atoms with Gasteiger partial charge in [-0.2, -0.15) is 0 Å². The first-order chi connectivity index (χ1) is 9.38. The van der Waals surface area contributed by atoms with Crippen LogP contribution in [-0.2, 0) is 6.42 Å². The van der Waals surface area contributed by atoms with Crippen molar-refractivity contribution in [3.63, 3.8) is 0 Å². The Morgan fingerprint density at radius 3 is 2.70 bits per heavy atom. The number of hydrogen-bond donors (Lipinski definition) is 1. The Morgan fingerprint density at radius 2 is 2.00 bits per heavy atom. The Hall–Kier alpha value is -1.19. The van der Waals surface area contributed by atoms with Gasteiger partial charge in [0.1, 0.15) is 5.01 Å². The molecular weight excluding hydrogens is 264 g/mol. The summed E-state index contributed by atoms with van der Waals surface area (Å²) in [5, 5.41) is 1.08. The van der Waals surface area contributed by atoms with E-state index in [4.69, 9.17) is 10.7 Å². The molecular formula is C17H22N2S. The Labute approximate surface area is 125 Å². The summed E-state index contributed by atoms with van der Waals surface area (Å²) in [5.74, 6) is 0.567. The van der Waals surface area contributed by atoms with Gasteiger partial charge in [0.25, 0.3) is 0 Å². The molecule has 0 radical (unpaired) electrons. The van der Waals surface area contributed by atoms with E-state index in [0.717, 1.165) is 11.4 Å². The number of fused-ring (bicyclic) bond motifs is 3.